The first-order valence-electron chi connectivity index (χ1n) is 11.9. The van der Waals surface area contributed by atoms with Crippen molar-refractivity contribution in [3.05, 3.63) is 30.3 Å². The molecule has 0 bridgehead atoms. The lowest BCUT2D eigenvalue weighted by Gasteiger charge is -2.28. The zero-order valence-electron chi connectivity index (χ0n) is 22.7. The second-order valence-corrected chi connectivity index (χ2v) is 10.2. The van der Waals surface area contributed by atoms with Crippen molar-refractivity contribution in [2.45, 2.75) is 36.8 Å². The van der Waals surface area contributed by atoms with Gasteiger partial charge in [0.15, 0.2) is 17.5 Å². The Hall–Kier alpha value is -4.20. The summed E-state index contributed by atoms with van der Waals surface area (Å²) in [5.74, 6) is -1.19. The maximum atomic E-state index is 13.4. The van der Waals surface area contributed by atoms with Crippen molar-refractivity contribution in [2.75, 3.05) is 41.0 Å². The minimum absolute atomic E-state index is 0.0188. The average molecular weight is 582 g/mol. The number of aliphatic carboxylic acids is 1. The van der Waals surface area contributed by atoms with Gasteiger partial charge in [-0.2, -0.15) is 4.72 Å². The Balaban J connectivity index is 0.00000391. The number of ether oxygens (including phenoxy) is 3. The summed E-state index contributed by atoms with van der Waals surface area (Å²) >= 11 is 0. The van der Waals surface area contributed by atoms with Crippen molar-refractivity contribution in [3.8, 4) is 11.5 Å². The molecule has 0 fully saturated rings. The number of nitrogens with zero attached hydrogens (tertiary/aromatic N) is 4. The summed E-state index contributed by atoms with van der Waals surface area (Å²) in [5, 5.41) is 22.6. The number of methoxy groups -OCH3 is 3. The molecule has 0 saturated heterocycles. The van der Waals surface area contributed by atoms with Crippen molar-refractivity contribution in [2.24, 2.45) is 16.5 Å². The molecule has 2 atom stereocenters. The Morgan fingerprint density at radius 1 is 1.07 bits per heavy atom. The highest BCUT2D eigenvalue weighted by atomic mass is 32.2. The molecule has 16 heteroatoms. The number of carboxylic acid groups (broad SMARTS) is 1. The first kappa shape index (κ1) is 33.8. The lowest BCUT2D eigenvalue weighted by Crippen LogP contribution is -2.51. The number of aliphatic imine (C=N–C) groups is 1. The van der Waals surface area contributed by atoms with Crippen molar-refractivity contribution in [1.29, 1.82) is 10.8 Å². The number of carbonyl (C=O) groups is 2. The third-order valence-electron chi connectivity index (χ3n) is 5.68. The number of amides is 1. The molecule has 15 nitrogen and oxygen atoms in total. The van der Waals surface area contributed by atoms with E-state index in [1.54, 1.807) is 25.1 Å². The minimum atomic E-state index is -4.21. The van der Waals surface area contributed by atoms with E-state index in [1.165, 1.54) is 33.5 Å². The lowest BCUT2D eigenvalue weighted by molar-refractivity contribution is -0.146. The topological polar surface area (TPSA) is 243 Å². The van der Waals surface area contributed by atoms with Crippen LogP contribution in [0.4, 0.5) is 0 Å². The Morgan fingerprint density at radius 2 is 1.68 bits per heavy atom. The molecule has 1 unspecified atom stereocenters. The van der Waals surface area contributed by atoms with Crippen LogP contribution in [0.15, 0.2) is 40.2 Å². The zero-order chi connectivity index (χ0) is 30.5. The number of benzene rings is 2. The van der Waals surface area contributed by atoms with Gasteiger partial charge in [0.05, 0.1) is 25.2 Å². The molecule has 6 N–H and O–H groups in total. The van der Waals surface area contributed by atoms with Crippen molar-refractivity contribution < 1.29 is 37.3 Å². The molecule has 1 amide bonds. The third-order valence-corrected chi connectivity index (χ3v) is 7.15. The van der Waals surface area contributed by atoms with Crippen LogP contribution >= 0.6 is 0 Å². The Bertz CT molecular complexity index is 1310. The van der Waals surface area contributed by atoms with E-state index < -0.39 is 40.6 Å². The number of hydrogen-bond acceptors (Lipinski definition) is 10. The highest BCUT2D eigenvalue weighted by Gasteiger charge is 2.31. The monoisotopic (exact) mass is 581 g/mol. The maximum absolute atomic E-state index is 13.4. The normalized spacial score (nSPS) is 12.3. The lowest BCUT2D eigenvalue weighted by atomic mass is 10.1. The van der Waals surface area contributed by atoms with E-state index in [0.717, 1.165) is 4.90 Å². The highest BCUT2D eigenvalue weighted by Crippen LogP contribution is 2.33. The molecule has 0 aliphatic heterocycles. The van der Waals surface area contributed by atoms with Crippen LogP contribution in [-0.4, -0.2) is 89.4 Å². The van der Waals surface area contributed by atoms with Crippen LogP contribution in [0.1, 0.15) is 19.8 Å². The summed E-state index contributed by atoms with van der Waals surface area (Å²) in [6, 6.07) is 6.54. The molecule has 0 radical (unpaired) electrons. The zero-order valence-corrected chi connectivity index (χ0v) is 23.6. The summed E-state index contributed by atoms with van der Waals surface area (Å²) in [4.78, 5) is 29.7. The van der Waals surface area contributed by atoms with Crippen LogP contribution in [0.2, 0.25) is 0 Å². The number of nitrogens with two attached hydrogens (primary N) is 2. The molecule has 220 valence electrons. The molecule has 0 saturated carbocycles. The second kappa shape index (κ2) is 16.0. The van der Waals surface area contributed by atoms with Crippen LogP contribution in [-0.2, 0) is 24.3 Å². The maximum Gasteiger partial charge on any atom is 0.323 e. The molecule has 2 aromatic rings. The van der Waals surface area contributed by atoms with Gasteiger partial charge in [-0.3, -0.25) is 14.6 Å². The van der Waals surface area contributed by atoms with Crippen molar-refractivity contribution in [1.82, 2.24) is 9.62 Å². The molecule has 0 aliphatic rings. The fourth-order valence-corrected chi connectivity index (χ4v) is 4.97. The standard InChI is InChI=1S/C24H35N5O8S.N2/c1-15(35-2)13-29(14-22(30)31)23(32)19(6-5-9-27-24(25)26)28-38(33,34)18-8-7-16-11-20(36-3)21(37-4)12-17(16)10-18;1-2/h7-8,10-12,15,19,28H,5-6,9,13-14H2,1-4H3,(H,30,31)(H4,25,26,27);/t15?,19-;/m0./s1. The summed E-state index contributed by atoms with van der Waals surface area (Å²) in [6.45, 7) is 1.14. The molecule has 0 heterocycles. The van der Waals surface area contributed by atoms with E-state index in [9.17, 15) is 23.1 Å². The minimum Gasteiger partial charge on any atom is -0.493 e. The largest absolute Gasteiger partial charge is 0.493 e. The molecule has 0 spiro atoms. The Morgan fingerprint density at radius 3 is 2.20 bits per heavy atom. The van der Waals surface area contributed by atoms with Crippen molar-refractivity contribution in [3.63, 3.8) is 0 Å². The van der Waals surface area contributed by atoms with Crippen molar-refractivity contribution >= 4 is 38.6 Å². The Kier molecular flexibility index (Phi) is 13.6. The van der Waals surface area contributed by atoms with Crippen LogP contribution in [0.25, 0.3) is 10.8 Å². The van der Waals surface area contributed by atoms with E-state index in [2.05, 4.69) is 9.71 Å². The molecule has 40 heavy (non-hydrogen) atoms. The van der Waals surface area contributed by atoms with Gasteiger partial charge in [0.1, 0.15) is 12.6 Å². The van der Waals surface area contributed by atoms with Gasteiger partial charge in [0, 0.05) is 31.0 Å². The molecule has 0 aliphatic carbocycles. The predicted molar refractivity (Wildman–Crippen MR) is 145 cm³/mol. The fourth-order valence-electron chi connectivity index (χ4n) is 3.71. The summed E-state index contributed by atoms with van der Waals surface area (Å²) in [7, 11) is 0.178. The molecule has 2 rings (SSSR count). The highest BCUT2D eigenvalue weighted by molar-refractivity contribution is 7.89. The van der Waals surface area contributed by atoms with E-state index in [1.807, 2.05) is 0 Å². The first-order chi connectivity index (χ1) is 18.9. The van der Waals surface area contributed by atoms with E-state index in [4.69, 9.17) is 36.5 Å². The first-order valence-corrected chi connectivity index (χ1v) is 13.4. The van der Waals surface area contributed by atoms with Gasteiger partial charge < -0.3 is 35.7 Å². The third kappa shape index (κ3) is 9.84. The fraction of sp³-hybridized carbons (Fsp3) is 0.458. The number of guanidine groups is 1. The van der Waals surface area contributed by atoms with E-state index in [0.29, 0.717) is 22.3 Å². The predicted octanol–water partition coefficient (Wildman–Crippen LogP) is 0.536. The number of nitrogens with one attached hydrogen (secondary N) is 1. The quantitative estimate of drug-likeness (QED) is 0.0974. The van der Waals surface area contributed by atoms with Crippen LogP contribution in [0, 0.1) is 10.8 Å². The number of rotatable bonds is 15. The van der Waals surface area contributed by atoms with Gasteiger partial charge >= 0.3 is 5.97 Å². The summed E-state index contributed by atoms with van der Waals surface area (Å²) < 4.78 is 45.0. The van der Waals surface area contributed by atoms with Crippen LogP contribution in [0.5, 0.6) is 11.5 Å². The summed E-state index contributed by atoms with van der Waals surface area (Å²) in [6.07, 6.45) is -0.207. The molecular formula is C24H35N7O8S. The smallest absolute Gasteiger partial charge is 0.323 e. The van der Waals surface area contributed by atoms with Gasteiger partial charge in [0.25, 0.3) is 0 Å². The second-order valence-electron chi connectivity index (χ2n) is 8.50. The van der Waals surface area contributed by atoms with Gasteiger partial charge in [-0.05, 0) is 54.8 Å². The van der Waals surface area contributed by atoms with Gasteiger partial charge in [-0.1, -0.05) is 6.07 Å². The number of carbonyl (C=O) groups excluding carboxylic acids is 1. The number of fused-ring (bicyclic) bond motifs is 1. The molecule has 2 aromatic carbocycles. The Labute approximate surface area is 232 Å². The van der Waals surface area contributed by atoms with Crippen LogP contribution < -0.4 is 25.7 Å². The van der Waals surface area contributed by atoms with Gasteiger partial charge in [0.2, 0.25) is 15.9 Å². The van der Waals surface area contributed by atoms with E-state index >= 15 is 0 Å². The molecule has 0 aromatic heterocycles. The number of sulfonamides is 1. The number of carboxylic acids is 1. The average Bonchev–Trinajstić information content (AvgIpc) is 2.93. The number of hydrogen-bond donors (Lipinski definition) is 4. The summed E-state index contributed by atoms with van der Waals surface area (Å²) in [5.41, 5.74) is 10.7. The van der Waals surface area contributed by atoms with Gasteiger partial charge in [-0.25, -0.2) is 8.42 Å². The molecular weight excluding hydrogens is 546 g/mol. The van der Waals surface area contributed by atoms with E-state index in [-0.39, 0.29) is 36.8 Å². The SMILES string of the molecule is COc1cc2ccc(S(=O)(=O)N[C@@H](CCCN=C(N)N)C(=O)N(CC(=O)O)CC(C)OC)cc2cc1OC.N#N. The van der Waals surface area contributed by atoms with Crippen LogP contribution in [0.3, 0.4) is 0 Å². The van der Waals surface area contributed by atoms with Gasteiger partial charge in [-0.15, -0.1) is 0 Å².